The van der Waals surface area contributed by atoms with Crippen LogP contribution in [0, 0.1) is 0 Å². The number of aliphatic hydroxyl groups is 1. The van der Waals surface area contributed by atoms with E-state index in [1.807, 2.05) is 6.07 Å². The Morgan fingerprint density at radius 1 is 1.29 bits per heavy atom. The first-order chi connectivity index (χ1) is 10.1. The fraction of sp³-hybridized carbons (Fsp3) is 0.667. The van der Waals surface area contributed by atoms with E-state index in [-0.39, 0.29) is 12.1 Å². The van der Waals surface area contributed by atoms with Gasteiger partial charge in [0.2, 0.25) is 0 Å². The molecular weight excluding hydrogens is 260 g/mol. The van der Waals surface area contributed by atoms with E-state index in [1.165, 1.54) is 24.8 Å². The second-order valence-electron chi connectivity index (χ2n) is 6.72. The molecule has 3 nitrogen and oxygen atoms in total. The summed E-state index contributed by atoms with van der Waals surface area (Å²) in [5.41, 5.74) is 0.806. The predicted molar refractivity (Wildman–Crippen MR) is 88.4 cm³/mol. The molecule has 1 heterocycles. The number of hydrogen-bond donors (Lipinski definition) is 2. The lowest BCUT2D eigenvalue weighted by Gasteiger charge is -2.43. The molecule has 0 spiro atoms. The van der Waals surface area contributed by atoms with Crippen molar-refractivity contribution in [3.05, 3.63) is 35.9 Å². The Morgan fingerprint density at radius 3 is 2.57 bits per heavy atom. The van der Waals surface area contributed by atoms with Crippen LogP contribution in [0.5, 0.6) is 0 Å². The van der Waals surface area contributed by atoms with Gasteiger partial charge in [-0.2, -0.15) is 0 Å². The van der Waals surface area contributed by atoms with Crippen molar-refractivity contribution in [3.8, 4) is 0 Å². The second-order valence-corrected chi connectivity index (χ2v) is 6.72. The highest BCUT2D eigenvalue weighted by Crippen LogP contribution is 2.27. The first-order valence-corrected chi connectivity index (χ1v) is 8.25. The molecule has 3 heteroatoms. The molecule has 1 saturated heterocycles. The molecule has 0 saturated carbocycles. The lowest BCUT2D eigenvalue weighted by molar-refractivity contribution is 0.0649. The average molecular weight is 290 g/mol. The molecule has 2 rings (SSSR count). The largest absolute Gasteiger partial charge is 0.394 e. The van der Waals surface area contributed by atoms with Crippen molar-refractivity contribution in [2.45, 2.75) is 57.7 Å². The van der Waals surface area contributed by atoms with Crippen molar-refractivity contribution < 1.29 is 5.11 Å². The Morgan fingerprint density at radius 2 is 2.00 bits per heavy atom. The quantitative estimate of drug-likeness (QED) is 0.845. The first-order valence-electron chi connectivity index (χ1n) is 8.25. The molecule has 1 aromatic rings. The van der Waals surface area contributed by atoms with Crippen molar-refractivity contribution in [2.75, 3.05) is 19.7 Å². The summed E-state index contributed by atoms with van der Waals surface area (Å²) in [5.74, 6) is 0. The number of nitrogens with zero attached hydrogens (tertiary/aromatic N) is 1. The minimum atomic E-state index is -0.374. The van der Waals surface area contributed by atoms with Crippen LogP contribution in [0.15, 0.2) is 30.3 Å². The number of benzene rings is 1. The molecule has 0 radical (unpaired) electrons. The van der Waals surface area contributed by atoms with Gasteiger partial charge in [-0.1, -0.05) is 36.8 Å². The maximum absolute atomic E-state index is 10.2. The van der Waals surface area contributed by atoms with Gasteiger partial charge in [0, 0.05) is 18.6 Å². The average Bonchev–Trinajstić information content (AvgIpc) is 2.49. The molecule has 2 unspecified atom stereocenters. The van der Waals surface area contributed by atoms with Gasteiger partial charge in [-0.15, -0.1) is 0 Å². The molecule has 1 aromatic carbocycles. The fourth-order valence-corrected chi connectivity index (χ4v) is 3.46. The van der Waals surface area contributed by atoms with Gasteiger partial charge < -0.3 is 10.4 Å². The van der Waals surface area contributed by atoms with Crippen LogP contribution < -0.4 is 5.32 Å². The smallest absolute Gasteiger partial charge is 0.0799 e. The molecule has 0 aliphatic carbocycles. The molecule has 0 aromatic heterocycles. The number of piperidine rings is 1. The van der Waals surface area contributed by atoms with E-state index in [1.54, 1.807) is 0 Å². The van der Waals surface area contributed by atoms with Crippen molar-refractivity contribution in [1.82, 2.24) is 10.2 Å². The van der Waals surface area contributed by atoms with Crippen molar-refractivity contribution in [3.63, 3.8) is 0 Å². The summed E-state index contributed by atoms with van der Waals surface area (Å²) in [7, 11) is 0. The van der Waals surface area contributed by atoms with E-state index in [0.717, 1.165) is 13.1 Å². The lowest BCUT2D eigenvalue weighted by atomic mass is 9.87. The summed E-state index contributed by atoms with van der Waals surface area (Å²) in [6.45, 7) is 8.72. The van der Waals surface area contributed by atoms with Crippen LogP contribution in [0.1, 0.15) is 45.6 Å². The number of likely N-dealkylation sites (tertiary alicyclic amines) is 1. The van der Waals surface area contributed by atoms with Crippen molar-refractivity contribution >= 4 is 0 Å². The van der Waals surface area contributed by atoms with Crippen molar-refractivity contribution in [1.29, 1.82) is 0 Å². The number of aliphatic hydroxyl groups excluding tert-OH is 1. The molecule has 21 heavy (non-hydrogen) atoms. The van der Waals surface area contributed by atoms with Crippen LogP contribution in [-0.4, -0.2) is 41.8 Å². The normalized spacial score (nSPS) is 23.2. The maximum Gasteiger partial charge on any atom is 0.0799 e. The number of hydrogen-bond acceptors (Lipinski definition) is 3. The Hall–Kier alpha value is -0.900. The number of nitrogens with one attached hydrogen (secondary N) is 1. The highest BCUT2D eigenvalue weighted by Gasteiger charge is 2.35. The van der Waals surface area contributed by atoms with Gasteiger partial charge in [0.15, 0.2) is 0 Å². The van der Waals surface area contributed by atoms with E-state index in [4.69, 9.17) is 0 Å². The molecule has 1 aliphatic rings. The molecule has 0 amide bonds. The van der Waals surface area contributed by atoms with Gasteiger partial charge in [-0.25, -0.2) is 0 Å². The molecule has 118 valence electrons. The molecule has 1 aliphatic heterocycles. The summed E-state index contributed by atoms with van der Waals surface area (Å²) in [6.07, 6.45) is 3.85. The highest BCUT2D eigenvalue weighted by atomic mass is 16.3. The van der Waals surface area contributed by atoms with Crippen LogP contribution in [0.25, 0.3) is 0 Å². The van der Waals surface area contributed by atoms with Gasteiger partial charge in [0.1, 0.15) is 0 Å². The van der Waals surface area contributed by atoms with Crippen LogP contribution in [0.4, 0.5) is 0 Å². The van der Waals surface area contributed by atoms with E-state index >= 15 is 0 Å². The number of rotatable bonds is 6. The standard InChI is InChI=1S/C18H30N2O/c1-15(2)19-18(14-21,17-10-5-4-6-11-17)13-20-12-8-7-9-16(20)3/h4-6,10-11,15-16,19,21H,7-9,12-14H2,1-3H3. The predicted octanol–water partition coefficient (Wildman–Crippen LogP) is 2.75. The monoisotopic (exact) mass is 290 g/mol. The van der Waals surface area contributed by atoms with Crippen LogP contribution >= 0.6 is 0 Å². The molecule has 2 atom stereocenters. The van der Waals surface area contributed by atoms with Gasteiger partial charge in [-0.3, -0.25) is 4.90 Å². The third-order valence-electron chi connectivity index (χ3n) is 4.57. The van der Waals surface area contributed by atoms with E-state index in [2.05, 4.69) is 55.3 Å². The fourth-order valence-electron chi connectivity index (χ4n) is 3.46. The topological polar surface area (TPSA) is 35.5 Å². The second kappa shape index (κ2) is 7.39. The van der Waals surface area contributed by atoms with E-state index in [9.17, 15) is 5.11 Å². The molecule has 1 fully saturated rings. The van der Waals surface area contributed by atoms with E-state index in [0.29, 0.717) is 12.1 Å². The summed E-state index contributed by atoms with van der Waals surface area (Å²) in [4.78, 5) is 2.53. The lowest BCUT2D eigenvalue weighted by Crippen LogP contribution is -2.57. The van der Waals surface area contributed by atoms with Gasteiger partial charge >= 0.3 is 0 Å². The Bertz CT molecular complexity index is 420. The highest BCUT2D eigenvalue weighted by molar-refractivity contribution is 5.26. The minimum Gasteiger partial charge on any atom is -0.394 e. The van der Waals surface area contributed by atoms with Gasteiger partial charge in [-0.05, 0) is 45.7 Å². The van der Waals surface area contributed by atoms with Gasteiger partial charge in [0.25, 0.3) is 0 Å². The van der Waals surface area contributed by atoms with Gasteiger partial charge in [0.05, 0.1) is 12.1 Å². The molecule has 0 bridgehead atoms. The third kappa shape index (κ3) is 4.06. The van der Waals surface area contributed by atoms with Crippen molar-refractivity contribution in [2.24, 2.45) is 0 Å². The Balaban J connectivity index is 2.26. The SMILES string of the molecule is CC(C)NC(CO)(CN1CCCCC1C)c1ccccc1. The van der Waals surface area contributed by atoms with Crippen LogP contribution in [-0.2, 0) is 5.54 Å². The molecule has 2 N–H and O–H groups in total. The zero-order chi connectivity index (χ0) is 15.3. The Labute approximate surface area is 129 Å². The zero-order valence-corrected chi connectivity index (χ0v) is 13.7. The summed E-state index contributed by atoms with van der Waals surface area (Å²) in [5, 5.41) is 13.8. The Kier molecular flexibility index (Phi) is 5.80. The van der Waals surface area contributed by atoms with Crippen LogP contribution in [0.2, 0.25) is 0 Å². The first kappa shape index (κ1) is 16.5. The summed E-state index contributed by atoms with van der Waals surface area (Å²) < 4.78 is 0. The van der Waals surface area contributed by atoms with E-state index < -0.39 is 0 Å². The minimum absolute atomic E-state index is 0.123. The summed E-state index contributed by atoms with van der Waals surface area (Å²) in [6, 6.07) is 11.3. The van der Waals surface area contributed by atoms with Crippen LogP contribution in [0.3, 0.4) is 0 Å². The maximum atomic E-state index is 10.2. The zero-order valence-electron chi connectivity index (χ0n) is 13.7. The summed E-state index contributed by atoms with van der Waals surface area (Å²) >= 11 is 0. The molecular formula is C18H30N2O. The third-order valence-corrected chi connectivity index (χ3v) is 4.57.